The Morgan fingerprint density at radius 2 is 1.95 bits per heavy atom. The van der Waals surface area contributed by atoms with Crippen LogP contribution in [0.25, 0.3) is 0 Å². The van der Waals surface area contributed by atoms with Crippen LogP contribution in [0.1, 0.15) is 58.8 Å². The maximum absolute atomic E-state index is 5.95. The first-order chi connectivity index (χ1) is 9.24. The molecule has 0 aromatic rings. The number of alkyl halides is 1. The fraction of sp³-hybridized carbons (Fsp3) is 1.00. The Kier molecular flexibility index (Phi) is 6.16. The summed E-state index contributed by atoms with van der Waals surface area (Å²) in [4.78, 5) is 2.76. The minimum absolute atomic E-state index is 0.480. The monoisotopic (exact) mass is 331 g/mol. The van der Waals surface area contributed by atoms with E-state index in [1.165, 1.54) is 51.5 Å². The smallest absolute Gasteiger partial charge is 0.0730 e. The van der Waals surface area contributed by atoms with E-state index in [0.717, 1.165) is 18.5 Å². The van der Waals surface area contributed by atoms with E-state index < -0.39 is 0 Å². The van der Waals surface area contributed by atoms with Gasteiger partial charge in [-0.2, -0.15) is 0 Å². The highest BCUT2D eigenvalue weighted by Crippen LogP contribution is 2.37. The molecule has 1 saturated carbocycles. The summed E-state index contributed by atoms with van der Waals surface area (Å²) >= 11 is 3.82. The van der Waals surface area contributed by atoms with Gasteiger partial charge in [0.05, 0.1) is 12.7 Å². The SMILES string of the molecule is CCCC(CBr)(CCC)CN1CCOC2CCCC21. The molecular weight excluding hydrogens is 302 g/mol. The molecule has 0 spiro atoms. The number of hydrogen-bond acceptors (Lipinski definition) is 2. The summed E-state index contributed by atoms with van der Waals surface area (Å²) in [6.07, 6.45) is 9.81. The van der Waals surface area contributed by atoms with Crippen LogP contribution in [0, 0.1) is 5.41 Å². The van der Waals surface area contributed by atoms with Crippen LogP contribution in [0.3, 0.4) is 0 Å². The third kappa shape index (κ3) is 3.74. The summed E-state index contributed by atoms with van der Waals surface area (Å²) in [5, 5.41) is 1.15. The van der Waals surface area contributed by atoms with Crippen molar-refractivity contribution in [2.24, 2.45) is 5.41 Å². The standard InChI is InChI=1S/C16H30BrNO/c1-3-8-16(12-17,9-4-2)13-18-10-11-19-15-7-5-6-14(15)18/h14-15H,3-13H2,1-2H3. The first-order valence-corrected chi connectivity index (χ1v) is 9.28. The van der Waals surface area contributed by atoms with Crippen LogP contribution in [0.4, 0.5) is 0 Å². The van der Waals surface area contributed by atoms with E-state index in [-0.39, 0.29) is 0 Å². The summed E-state index contributed by atoms with van der Waals surface area (Å²) in [5.74, 6) is 0. The number of morpholine rings is 1. The highest BCUT2D eigenvalue weighted by atomic mass is 79.9. The molecule has 1 aliphatic carbocycles. The van der Waals surface area contributed by atoms with Gasteiger partial charge < -0.3 is 4.74 Å². The van der Waals surface area contributed by atoms with Crippen molar-refractivity contribution in [2.75, 3.05) is 25.0 Å². The zero-order valence-electron chi connectivity index (χ0n) is 12.7. The zero-order chi connectivity index (χ0) is 13.7. The Balaban J connectivity index is 2.02. The van der Waals surface area contributed by atoms with Crippen LogP contribution < -0.4 is 0 Å². The number of rotatable bonds is 7. The molecule has 2 fully saturated rings. The molecule has 0 aromatic carbocycles. The Morgan fingerprint density at radius 3 is 2.58 bits per heavy atom. The normalized spacial score (nSPS) is 28.6. The van der Waals surface area contributed by atoms with Crippen molar-refractivity contribution in [3.05, 3.63) is 0 Å². The first-order valence-electron chi connectivity index (χ1n) is 8.16. The van der Waals surface area contributed by atoms with E-state index in [0.29, 0.717) is 17.6 Å². The van der Waals surface area contributed by atoms with Gasteiger partial charge in [-0.3, -0.25) is 4.90 Å². The van der Waals surface area contributed by atoms with Crippen LogP contribution >= 0.6 is 15.9 Å². The van der Waals surface area contributed by atoms with E-state index in [2.05, 4.69) is 34.7 Å². The van der Waals surface area contributed by atoms with Crippen LogP contribution in [0.5, 0.6) is 0 Å². The van der Waals surface area contributed by atoms with Gasteiger partial charge in [0.2, 0.25) is 0 Å². The molecule has 0 amide bonds. The third-order valence-electron chi connectivity index (χ3n) is 4.98. The average molecular weight is 332 g/mol. The molecule has 2 rings (SSSR count). The second-order valence-electron chi connectivity index (χ2n) is 6.51. The summed E-state index contributed by atoms with van der Waals surface area (Å²) in [7, 11) is 0. The van der Waals surface area contributed by atoms with Gasteiger partial charge in [-0.15, -0.1) is 0 Å². The maximum Gasteiger partial charge on any atom is 0.0730 e. The van der Waals surface area contributed by atoms with Crippen molar-refractivity contribution in [1.82, 2.24) is 4.90 Å². The largest absolute Gasteiger partial charge is 0.375 e. The summed E-state index contributed by atoms with van der Waals surface area (Å²) in [6.45, 7) is 8.00. The second-order valence-corrected chi connectivity index (χ2v) is 7.07. The molecule has 1 aliphatic heterocycles. The minimum Gasteiger partial charge on any atom is -0.375 e. The molecule has 1 heterocycles. The Morgan fingerprint density at radius 1 is 1.21 bits per heavy atom. The highest BCUT2D eigenvalue weighted by molar-refractivity contribution is 9.09. The average Bonchev–Trinajstić information content (AvgIpc) is 2.88. The number of halogens is 1. The summed E-state index contributed by atoms with van der Waals surface area (Å²) < 4.78 is 5.95. The van der Waals surface area contributed by atoms with Crippen molar-refractivity contribution in [3.63, 3.8) is 0 Å². The zero-order valence-corrected chi connectivity index (χ0v) is 14.3. The van der Waals surface area contributed by atoms with Crippen molar-refractivity contribution in [1.29, 1.82) is 0 Å². The van der Waals surface area contributed by atoms with E-state index in [1.807, 2.05) is 0 Å². The lowest BCUT2D eigenvalue weighted by Crippen LogP contribution is -2.52. The fourth-order valence-electron chi connectivity index (χ4n) is 4.15. The number of nitrogens with zero attached hydrogens (tertiary/aromatic N) is 1. The molecule has 2 aliphatic rings. The van der Waals surface area contributed by atoms with Crippen molar-refractivity contribution in [3.8, 4) is 0 Å². The molecule has 0 aromatic heterocycles. The van der Waals surface area contributed by atoms with Crippen molar-refractivity contribution < 1.29 is 4.74 Å². The van der Waals surface area contributed by atoms with Gasteiger partial charge in [0, 0.05) is 24.5 Å². The fourth-order valence-corrected chi connectivity index (χ4v) is 4.89. The van der Waals surface area contributed by atoms with E-state index in [1.54, 1.807) is 0 Å². The van der Waals surface area contributed by atoms with Gasteiger partial charge in [-0.25, -0.2) is 0 Å². The van der Waals surface area contributed by atoms with Gasteiger partial charge in [0.15, 0.2) is 0 Å². The third-order valence-corrected chi connectivity index (χ3v) is 6.17. The molecule has 2 unspecified atom stereocenters. The van der Waals surface area contributed by atoms with Crippen LogP contribution in [-0.2, 0) is 4.74 Å². The number of hydrogen-bond donors (Lipinski definition) is 0. The summed E-state index contributed by atoms with van der Waals surface area (Å²) in [6, 6.07) is 0.709. The molecule has 0 bridgehead atoms. The Labute approximate surface area is 127 Å². The number of fused-ring (bicyclic) bond motifs is 1. The highest BCUT2D eigenvalue weighted by Gasteiger charge is 2.39. The van der Waals surface area contributed by atoms with Gasteiger partial charge in [-0.05, 0) is 37.5 Å². The Hall–Kier alpha value is 0.400. The van der Waals surface area contributed by atoms with Crippen molar-refractivity contribution in [2.45, 2.75) is 70.9 Å². The van der Waals surface area contributed by atoms with Crippen molar-refractivity contribution >= 4 is 15.9 Å². The van der Waals surface area contributed by atoms with Crippen LogP contribution in [-0.4, -0.2) is 42.1 Å². The topological polar surface area (TPSA) is 12.5 Å². The van der Waals surface area contributed by atoms with Crippen LogP contribution in [0.15, 0.2) is 0 Å². The number of ether oxygens (including phenoxy) is 1. The van der Waals surface area contributed by atoms with E-state index in [4.69, 9.17) is 4.74 Å². The second kappa shape index (κ2) is 7.42. The van der Waals surface area contributed by atoms with Gasteiger partial charge in [0.1, 0.15) is 0 Å². The Bertz CT molecular complexity index is 265. The predicted octanol–water partition coefficient (Wildman–Crippen LogP) is 4.22. The molecule has 3 heteroatoms. The lowest BCUT2D eigenvalue weighted by Gasteiger charge is -2.44. The molecule has 0 radical (unpaired) electrons. The van der Waals surface area contributed by atoms with Gasteiger partial charge in [0.25, 0.3) is 0 Å². The van der Waals surface area contributed by atoms with Gasteiger partial charge >= 0.3 is 0 Å². The first kappa shape index (κ1) is 15.8. The lowest BCUT2D eigenvalue weighted by atomic mass is 9.80. The lowest BCUT2D eigenvalue weighted by molar-refractivity contribution is -0.0682. The summed E-state index contributed by atoms with van der Waals surface area (Å²) in [5.41, 5.74) is 0.480. The molecule has 2 nitrogen and oxygen atoms in total. The predicted molar refractivity (Wildman–Crippen MR) is 85.0 cm³/mol. The maximum atomic E-state index is 5.95. The molecule has 2 atom stereocenters. The molecule has 112 valence electrons. The minimum atomic E-state index is 0.480. The van der Waals surface area contributed by atoms with E-state index >= 15 is 0 Å². The van der Waals surface area contributed by atoms with E-state index in [9.17, 15) is 0 Å². The molecule has 1 saturated heterocycles. The molecule has 19 heavy (non-hydrogen) atoms. The molecular formula is C16H30BrNO. The van der Waals surface area contributed by atoms with Crippen LogP contribution in [0.2, 0.25) is 0 Å². The van der Waals surface area contributed by atoms with Gasteiger partial charge in [-0.1, -0.05) is 42.6 Å². The molecule has 0 N–H and O–H groups in total. The quantitative estimate of drug-likeness (QED) is 0.647.